The van der Waals surface area contributed by atoms with Crippen LogP contribution in [0.15, 0.2) is 30.3 Å². The molecule has 0 aliphatic heterocycles. The summed E-state index contributed by atoms with van der Waals surface area (Å²) in [4.78, 5) is 27.4. The van der Waals surface area contributed by atoms with Crippen molar-refractivity contribution in [1.82, 2.24) is 4.90 Å². The molecule has 2 amide bonds. The van der Waals surface area contributed by atoms with E-state index in [-0.39, 0.29) is 17.9 Å². The topological polar surface area (TPSA) is 49.4 Å². The molecule has 0 saturated heterocycles. The van der Waals surface area contributed by atoms with E-state index in [1.807, 2.05) is 65.0 Å². The van der Waals surface area contributed by atoms with E-state index in [0.29, 0.717) is 14.9 Å². The van der Waals surface area contributed by atoms with Crippen molar-refractivity contribution in [3.63, 3.8) is 0 Å². The molecule has 1 N–H and O–H groups in total. The number of hydrogen-bond acceptors (Lipinski definition) is 3. The Kier molecular flexibility index (Phi) is 6.14. The van der Waals surface area contributed by atoms with Crippen LogP contribution in [-0.2, 0) is 4.79 Å². The van der Waals surface area contributed by atoms with Crippen LogP contribution in [0.2, 0.25) is 5.02 Å². The minimum absolute atomic E-state index is 0.0709. The maximum Gasteiger partial charge on any atom is 0.264 e. The molecule has 0 radical (unpaired) electrons. The van der Waals surface area contributed by atoms with Crippen LogP contribution in [0.25, 0.3) is 0 Å². The molecular weight excluding hydrogens is 368 g/mol. The van der Waals surface area contributed by atoms with Gasteiger partial charge in [-0.1, -0.05) is 44.5 Å². The second-order valence-electron chi connectivity index (χ2n) is 7.47. The molecule has 0 aliphatic carbocycles. The van der Waals surface area contributed by atoms with Gasteiger partial charge in [-0.3, -0.25) is 9.59 Å². The van der Waals surface area contributed by atoms with Gasteiger partial charge in [0.25, 0.3) is 5.91 Å². The number of nitrogens with one attached hydrogen (secondary N) is 1. The lowest BCUT2D eigenvalue weighted by molar-refractivity contribution is -0.123. The summed E-state index contributed by atoms with van der Waals surface area (Å²) in [5.41, 5.74) is 1.35. The smallest absolute Gasteiger partial charge is 0.264 e. The maximum atomic E-state index is 13.0. The molecule has 26 heavy (non-hydrogen) atoms. The number of aryl methyl sites for hydroxylation is 1. The van der Waals surface area contributed by atoms with Crippen molar-refractivity contribution in [2.45, 2.75) is 40.7 Å². The van der Waals surface area contributed by atoms with Gasteiger partial charge in [-0.25, -0.2) is 0 Å². The van der Waals surface area contributed by atoms with E-state index in [1.165, 1.54) is 11.3 Å². The average Bonchev–Trinajstić information content (AvgIpc) is 2.92. The SMILES string of the molecule is Cc1cc(NC(=O)C(C)(C)C)sc1C(=O)N(C)C(C)c1cccc(Cl)c1. The van der Waals surface area contributed by atoms with E-state index in [1.54, 1.807) is 11.9 Å². The highest BCUT2D eigenvalue weighted by atomic mass is 35.5. The number of thiophene rings is 1. The van der Waals surface area contributed by atoms with Crippen LogP contribution in [0, 0.1) is 12.3 Å². The van der Waals surface area contributed by atoms with Crippen LogP contribution in [0.4, 0.5) is 5.00 Å². The summed E-state index contributed by atoms with van der Waals surface area (Å²) in [5, 5.41) is 4.23. The molecule has 0 fully saturated rings. The van der Waals surface area contributed by atoms with Gasteiger partial charge in [0.05, 0.1) is 15.9 Å². The third-order valence-electron chi connectivity index (χ3n) is 4.26. The van der Waals surface area contributed by atoms with Gasteiger partial charge in [-0.05, 0) is 43.2 Å². The monoisotopic (exact) mass is 392 g/mol. The Hall–Kier alpha value is -1.85. The first-order chi connectivity index (χ1) is 12.0. The highest BCUT2D eigenvalue weighted by molar-refractivity contribution is 7.18. The maximum absolute atomic E-state index is 13.0. The molecule has 1 aromatic carbocycles. The normalized spacial score (nSPS) is 12.6. The minimum atomic E-state index is -0.486. The number of hydrogen-bond donors (Lipinski definition) is 1. The lowest BCUT2D eigenvalue weighted by Gasteiger charge is -2.25. The Morgan fingerprint density at radius 2 is 1.88 bits per heavy atom. The zero-order valence-electron chi connectivity index (χ0n) is 16.0. The average molecular weight is 393 g/mol. The van der Waals surface area contributed by atoms with Gasteiger partial charge in [0.15, 0.2) is 0 Å². The Balaban J connectivity index is 2.20. The van der Waals surface area contributed by atoms with Crippen LogP contribution in [0.1, 0.15) is 54.5 Å². The lowest BCUT2D eigenvalue weighted by Crippen LogP contribution is -2.29. The van der Waals surface area contributed by atoms with Crippen LogP contribution in [0.5, 0.6) is 0 Å². The number of rotatable bonds is 4. The van der Waals surface area contributed by atoms with E-state index < -0.39 is 5.41 Å². The van der Waals surface area contributed by atoms with E-state index in [0.717, 1.165) is 11.1 Å². The van der Waals surface area contributed by atoms with Crippen molar-refractivity contribution < 1.29 is 9.59 Å². The van der Waals surface area contributed by atoms with Gasteiger partial charge in [0.2, 0.25) is 5.91 Å². The summed E-state index contributed by atoms with van der Waals surface area (Å²) >= 11 is 7.37. The molecule has 1 aromatic heterocycles. The summed E-state index contributed by atoms with van der Waals surface area (Å²) in [5.74, 6) is -0.144. The first kappa shape index (κ1) is 20.5. The Bertz CT molecular complexity index is 823. The zero-order valence-corrected chi connectivity index (χ0v) is 17.6. The third kappa shape index (κ3) is 4.65. The summed E-state index contributed by atoms with van der Waals surface area (Å²) in [6, 6.07) is 9.24. The molecule has 0 aliphatic rings. The number of benzene rings is 1. The summed E-state index contributed by atoms with van der Waals surface area (Å²) < 4.78 is 0. The summed E-state index contributed by atoms with van der Waals surface area (Å²) in [6.45, 7) is 9.42. The Morgan fingerprint density at radius 3 is 2.46 bits per heavy atom. The first-order valence-electron chi connectivity index (χ1n) is 8.45. The van der Waals surface area contributed by atoms with Crippen molar-refractivity contribution in [2.24, 2.45) is 5.41 Å². The molecular formula is C20H25ClN2O2S. The minimum Gasteiger partial charge on any atom is -0.334 e. The predicted octanol–water partition coefficient (Wildman–Crippen LogP) is 5.53. The lowest BCUT2D eigenvalue weighted by atomic mass is 9.96. The molecule has 140 valence electrons. The number of amides is 2. The molecule has 0 bridgehead atoms. The standard InChI is InChI=1S/C20H25ClN2O2S/c1-12-10-16(22-19(25)20(3,4)5)26-17(12)18(24)23(6)13(2)14-8-7-9-15(21)11-14/h7-11,13H,1-6H3,(H,22,25). The number of carbonyl (C=O) groups is 2. The fourth-order valence-electron chi connectivity index (χ4n) is 2.38. The molecule has 1 heterocycles. The highest BCUT2D eigenvalue weighted by Crippen LogP contribution is 2.31. The van der Waals surface area contributed by atoms with Crippen LogP contribution >= 0.6 is 22.9 Å². The molecule has 0 spiro atoms. The first-order valence-corrected chi connectivity index (χ1v) is 9.64. The molecule has 6 heteroatoms. The molecule has 1 atom stereocenters. The van der Waals surface area contributed by atoms with E-state index >= 15 is 0 Å². The van der Waals surface area contributed by atoms with Crippen molar-refractivity contribution in [2.75, 3.05) is 12.4 Å². The van der Waals surface area contributed by atoms with Crippen molar-refractivity contribution in [3.05, 3.63) is 51.4 Å². The fourth-order valence-corrected chi connectivity index (χ4v) is 3.63. The second kappa shape index (κ2) is 7.80. The van der Waals surface area contributed by atoms with E-state index in [2.05, 4.69) is 5.32 Å². The molecule has 0 saturated carbocycles. The van der Waals surface area contributed by atoms with Crippen molar-refractivity contribution in [3.8, 4) is 0 Å². The Labute approximate surface area is 164 Å². The third-order valence-corrected chi connectivity index (χ3v) is 5.64. The van der Waals surface area contributed by atoms with E-state index in [4.69, 9.17) is 11.6 Å². The van der Waals surface area contributed by atoms with Gasteiger partial charge in [0.1, 0.15) is 0 Å². The fraction of sp³-hybridized carbons (Fsp3) is 0.400. The highest BCUT2D eigenvalue weighted by Gasteiger charge is 2.25. The largest absolute Gasteiger partial charge is 0.334 e. The van der Waals surface area contributed by atoms with Gasteiger partial charge in [-0.15, -0.1) is 11.3 Å². The molecule has 4 nitrogen and oxygen atoms in total. The van der Waals surface area contributed by atoms with Gasteiger partial charge in [0, 0.05) is 17.5 Å². The Morgan fingerprint density at radius 1 is 1.23 bits per heavy atom. The van der Waals surface area contributed by atoms with Crippen LogP contribution < -0.4 is 5.32 Å². The predicted molar refractivity (Wildman–Crippen MR) is 109 cm³/mol. The number of halogens is 1. The number of anilines is 1. The van der Waals surface area contributed by atoms with Crippen LogP contribution in [0.3, 0.4) is 0 Å². The summed E-state index contributed by atoms with van der Waals surface area (Å²) in [7, 11) is 1.78. The van der Waals surface area contributed by atoms with Crippen LogP contribution in [-0.4, -0.2) is 23.8 Å². The van der Waals surface area contributed by atoms with Gasteiger partial charge >= 0.3 is 0 Å². The molecule has 1 unspecified atom stereocenters. The zero-order chi connectivity index (χ0) is 19.6. The molecule has 2 rings (SSSR count). The van der Waals surface area contributed by atoms with E-state index in [9.17, 15) is 9.59 Å². The van der Waals surface area contributed by atoms with Gasteiger partial charge < -0.3 is 10.2 Å². The quantitative estimate of drug-likeness (QED) is 0.743. The number of carbonyl (C=O) groups excluding carboxylic acids is 2. The summed E-state index contributed by atoms with van der Waals surface area (Å²) in [6.07, 6.45) is 0. The van der Waals surface area contributed by atoms with Gasteiger partial charge in [-0.2, -0.15) is 0 Å². The second-order valence-corrected chi connectivity index (χ2v) is 8.96. The van der Waals surface area contributed by atoms with Crippen molar-refractivity contribution in [1.29, 1.82) is 0 Å². The molecule has 2 aromatic rings. The van der Waals surface area contributed by atoms with Crippen molar-refractivity contribution >= 4 is 39.8 Å². The number of nitrogens with zero attached hydrogens (tertiary/aromatic N) is 1.